The Morgan fingerprint density at radius 3 is 2.45 bits per heavy atom. The highest BCUT2D eigenvalue weighted by Gasteiger charge is 2.14. The lowest BCUT2D eigenvalue weighted by atomic mass is 10.2. The second-order valence-electron chi connectivity index (χ2n) is 6.27. The molecule has 2 aromatic carbocycles. The number of benzene rings is 2. The number of para-hydroxylation sites is 1. The normalized spacial score (nSPS) is 10.9. The molecule has 0 atom stereocenters. The van der Waals surface area contributed by atoms with E-state index in [-0.39, 0.29) is 0 Å². The van der Waals surface area contributed by atoms with Gasteiger partial charge in [-0.15, -0.1) is 0 Å². The van der Waals surface area contributed by atoms with Crippen LogP contribution in [-0.2, 0) is 9.59 Å². The molecule has 0 radical (unpaired) electrons. The number of hydrazone groups is 1. The molecule has 0 fully saturated rings. The second kappa shape index (κ2) is 9.07. The predicted octanol–water partition coefficient (Wildman–Crippen LogP) is 4.60. The molecule has 0 aliphatic heterocycles. The molecule has 1 heterocycles. The van der Waals surface area contributed by atoms with Crippen LogP contribution in [0.3, 0.4) is 0 Å². The average molecular weight is 474 g/mol. The van der Waals surface area contributed by atoms with Crippen molar-refractivity contribution in [3.8, 4) is 5.69 Å². The molecule has 148 valence electrons. The summed E-state index contributed by atoms with van der Waals surface area (Å²) in [6.07, 6.45) is 1.51. The SMILES string of the molecule is Cc1cc(/C=N\NC(=O)C(=O)Nc2ccccc2Br)c(C)n1-c1ccc(Cl)cc1. The Bertz CT molecular complexity index is 1090. The Balaban J connectivity index is 1.68. The quantitative estimate of drug-likeness (QED) is 0.330. The minimum absolute atomic E-state index is 0.503. The first-order valence-electron chi connectivity index (χ1n) is 8.70. The maximum Gasteiger partial charge on any atom is 0.329 e. The zero-order valence-electron chi connectivity index (χ0n) is 15.7. The number of aryl methyl sites for hydroxylation is 1. The van der Waals surface area contributed by atoms with Crippen molar-refractivity contribution in [2.45, 2.75) is 13.8 Å². The lowest BCUT2D eigenvalue weighted by Crippen LogP contribution is -2.32. The molecule has 6 nitrogen and oxygen atoms in total. The standard InChI is InChI=1S/C21H18BrClN4O2/c1-13-11-15(14(2)27(13)17-9-7-16(23)8-10-17)12-24-26-21(29)20(28)25-19-6-4-3-5-18(19)22/h3-12H,1-2H3,(H,25,28)(H,26,29)/b24-12-. The second-order valence-corrected chi connectivity index (χ2v) is 7.56. The molecule has 29 heavy (non-hydrogen) atoms. The van der Waals surface area contributed by atoms with Gasteiger partial charge in [0.25, 0.3) is 0 Å². The van der Waals surface area contributed by atoms with Gasteiger partial charge in [-0.25, -0.2) is 5.43 Å². The molecule has 0 aliphatic rings. The maximum absolute atomic E-state index is 12.0. The number of nitrogens with zero attached hydrogens (tertiary/aromatic N) is 2. The Morgan fingerprint density at radius 1 is 1.07 bits per heavy atom. The zero-order valence-corrected chi connectivity index (χ0v) is 18.1. The van der Waals surface area contributed by atoms with Gasteiger partial charge in [0.2, 0.25) is 0 Å². The summed E-state index contributed by atoms with van der Waals surface area (Å²) >= 11 is 9.27. The van der Waals surface area contributed by atoms with Crippen molar-refractivity contribution in [1.82, 2.24) is 9.99 Å². The van der Waals surface area contributed by atoms with Gasteiger partial charge in [0, 0.05) is 32.1 Å². The van der Waals surface area contributed by atoms with Crippen LogP contribution in [0.1, 0.15) is 17.0 Å². The van der Waals surface area contributed by atoms with Gasteiger partial charge < -0.3 is 9.88 Å². The van der Waals surface area contributed by atoms with Gasteiger partial charge in [-0.05, 0) is 72.2 Å². The maximum atomic E-state index is 12.0. The molecule has 3 rings (SSSR count). The van der Waals surface area contributed by atoms with E-state index < -0.39 is 11.8 Å². The van der Waals surface area contributed by atoms with Crippen molar-refractivity contribution >= 4 is 51.2 Å². The molecule has 0 aliphatic carbocycles. The Hall–Kier alpha value is -2.90. The minimum atomic E-state index is -0.858. The van der Waals surface area contributed by atoms with Gasteiger partial charge in [0.1, 0.15) is 0 Å². The van der Waals surface area contributed by atoms with E-state index in [1.165, 1.54) is 6.21 Å². The number of aromatic nitrogens is 1. The van der Waals surface area contributed by atoms with Gasteiger partial charge in [0.05, 0.1) is 11.9 Å². The average Bonchev–Trinajstić information content (AvgIpc) is 2.97. The molecule has 0 saturated carbocycles. The van der Waals surface area contributed by atoms with Crippen LogP contribution in [0, 0.1) is 13.8 Å². The third-order valence-electron chi connectivity index (χ3n) is 4.25. The first-order chi connectivity index (χ1) is 13.9. The van der Waals surface area contributed by atoms with E-state index in [9.17, 15) is 9.59 Å². The summed E-state index contributed by atoms with van der Waals surface area (Å²) in [5.41, 5.74) is 6.50. The van der Waals surface area contributed by atoms with Crippen LogP contribution in [-0.4, -0.2) is 22.6 Å². The number of amides is 2. The Kier molecular flexibility index (Phi) is 6.51. The van der Waals surface area contributed by atoms with Crippen molar-refractivity contribution in [1.29, 1.82) is 0 Å². The molecule has 0 spiro atoms. The highest BCUT2D eigenvalue weighted by molar-refractivity contribution is 9.10. The minimum Gasteiger partial charge on any atom is -0.318 e. The lowest BCUT2D eigenvalue weighted by Gasteiger charge is -2.09. The number of halogens is 2. The van der Waals surface area contributed by atoms with Crippen LogP contribution in [0.4, 0.5) is 5.69 Å². The fraction of sp³-hybridized carbons (Fsp3) is 0.0952. The first kappa shape index (κ1) is 20.8. The van der Waals surface area contributed by atoms with Crippen molar-refractivity contribution in [2.75, 3.05) is 5.32 Å². The van der Waals surface area contributed by atoms with Crippen LogP contribution in [0.15, 0.2) is 64.2 Å². The molecule has 3 aromatic rings. The summed E-state index contributed by atoms with van der Waals surface area (Å²) in [5.74, 6) is -1.66. The number of carbonyl (C=O) groups is 2. The molecule has 8 heteroatoms. The molecule has 1 aromatic heterocycles. The van der Waals surface area contributed by atoms with Gasteiger partial charge >= 0.3 is 11.8 Å². The van der Waals surface area contributed by atoms with Crippen molar-refractivity contribution in [3.05, 3.63) is 81.0 Å². The summed E-state index contributed by atoms with van der Waals surface area (Å²) in [5, 5.41) is 7.11. The Morgan fingerprint density at radius 2 is 1.76 bits per heavy atom. The van der Waals surface area contributed by atoms with E-state index in [0.717, 1.165) is 22.6 Å². The van der Waals surface area contributed by atoms with Crippen LogP contribution < -0.4 is 10.7 Å². The molecule has 2 N–H and O–H groups in total. The summed E-state index contributed by atoms with van der Waals surface area (Å²) in [6.45, 7) is 3.92. The van der Waals surface area contributed by atoms with E-state index >= 15 is 0 Å². The summed E-state index contributed by atoms with van der Waals surface area (Å²) < 4.78 is 2.73. The van der Waals surface area contributed by atoms with Gasteiger partial charge in [0.15, 0.2) is 0 Å². The summed E-state index contributed by atoms with van der Waals surface area (Å²) in [6, 6.07) is 16.5. The predicted molar refractivity (Wildman–Crippen MR) is 119 cm³/mol. The van der Waals surface area contributed by atoms with E-state index in [2.05, 4.69) is 36.3 Å². The number of nitrogens with one attached hydrogen (secondary N) is 2. The molecule has 0 saturated heterocycles. The monoisotopic (exact) mass is 472 g/mol. The number of anilines is 1. The van der Waals surface area contributed by atoms with Crippen LogP contribution >= 0.6 is 27.5 Å². The van der Waals surface area contributed by atoms with Crippen molar-refractivity contribution in [2.24, 2.45) is 5.10 Å². The highest BCUT2D eigenvalue weighted by Crippen LogP contribution is 2.22. The fourth-order valence-corrected chi connectivity index (χ4v) is 3.37. The van der Waals surface area contributed by atoms with E-state index in [1.807, 2.05) is 50.2 Å². The number of hydrogen-bond acceptors (Lipinski definition) is 3. The van der Waals surface area contributed by atoms with Gasteiger partial charge in [-0.1, -0.05) is 23.7 Å². The lowest BCUT2D eigenvalue weighted by molar-refractivity contribution is -0.136. The first-order valence-corrected chi connectivity index (χ1v) is 9.87. The van der Waals surface area contributed by atoms with E-state index in [1.54, 1.807) is 18.2 Å². The van der Waals surface area contributed by atoms with E-state index in [4.69, 9.17) is 11.6 Å². The smallest absolute Gasteiger partial charge is 0.318 e. The third kappa shape index (κ3) is 4.93. The fourth-order valence-electron chi connectivity index (χ4n) is 2.86. The molecule has 2 amide bonds. The molecule has 0 bridgehead atoms. The van der Waals surface area contributed by atoms with Crippen molar-refractivity contribution in [3.63, 3.8) is 0 Å². The van der Waals surface area contributed by atoms with Crippen LogP contribution in [0.2, 0.25) is 5.02 Å². The molecular weight excluding hydrogens is 456 g/mol. The van der Waals surface area contributed by atoms with Gasteiger partial charge in [-0.3, -0.25) is 9.59 Å². The van der Waals surface area contributed by atoms with Crippen LogP contribution in [0.25, 0.3) is 5.69 Å². The summed E-state index contributed by atoms with van der Waals surface area (Å²) in [4.78, 5) is 24.0. The molecule has 0 unspecified atom stereocenters. The highest BCUT2D eigenvalue weighted by atomic mass is 79.9. The number of carbonyl (C=O) groups excluding carboxylic acids is 2. The number of rotatable bonds is 4. The van der Waals surface area contributed by atoms with Gasteiger partial charge in [-0.2, -0.15) is 5.10 Å². The summed E-state index contributed by atoms with van der Waals surface area (Å²) in [7, 11) is 0. The van der Waals surface area contributed by atoms with Crippen molar-refractivity contribution < 1.29 is 9.59 Å². The topological polar surface area (TPSA) is 75.5 Å². The molecular formula is C21H18BrClN4O2. The van der Waals surface area contributed by atoms with E-state index in [0.29, 0.717) is 15.2 Å². The third-order valence-corrected chi connectivity index (χ3v) is 5.20. The zero-order chi connectivity index (χ0) is 21.0. The Labute approximate surface area is 181 Å². The number of hydrogen-bond donors (Lipinski definition) is 2. The van der Waals surface area contributed by atoms with Crippen LogP contribution in [0.5, 0.6) is 0 Å². The largest absolute Gasteiger partial charge is 0.329 e.